The molecule has 1 aromatic carbocycles. The molecule has 1 heterocycles. The molecular formula is C19H24ClF3N3O6P. The standard InChI is InChI=1S/C19H24ClF3N3O6P/c1-28-6-8-31-33(27,32-9-7-29-2)12-13-4-5-15(16(10-13)30-3)25-17-14(19(21,22)23)11-24-18(20)26-17/h4-5,10-11H,6-9,12H2,1-3H3,(H,24,25,26). The Hall–Kier alpha value is -1.95. The number of alkyl halides is 3. The highest BCUT2D eigenvalue weighted by atomic mass is 35.5. The van der Waals surface area contributed by atoms with Gasteiger partial charge >= 0.3 is 13.8 Å². The molecule has 2 aromatic rings. The van der Waals surface area contributed by atoms with Gasteiger partial charge in [0.1, 0.15) is 17.1 Å². The summed E-state index contributed by atoms with van der Waals surface area (Å²) in [5.41, 5.74) is -0.412. The van der Waals surface area contributed by atoms with Crippen molar-refractivity contribution in [3.8, 4) is 5.75 Å². The van der Waals surface area contributed by atoms with Crippen molar-refractivity contribution in [2.75, 3.05) is 53.1 Å². The number of rotatable bonds is 13. The van der Waals surface area contributed by atoms with Crippen LogP contribution >= 0.6 is 19.2 Å². The zero-order valence-electron chi connectivity index (χ0n) is 18.1. The van der Waals surface area contributed by atoms with Gasteiger partial charge in [-0.1, -0.05) is 6.07 Å². The molecule has 14 heteroatoms. The van der Waals surface area contributed by atoms with Crippen molar-refractivity contribution in [2.24, 2.45) is 0 Å². The molecule has 0 spiro atoms. The van der Waals surface area contributed by atoms with E-state index < -0.39 is 25.2 Å². The van der Waals surface area contributed by atoms with Gasteiger partial charge in [0.2, 0.25) is 5.28 Å². The van der Waals surface area contributed by atoms with E-state index in [0.717, 1.165) is 0 Å². The minimum absolute atomic E-state index is 0.0478. The predicted molar refractivity (Wildman–Crippen MR) is 115 cm³/mol. The van der Waals surface area contributed by atoms with Crippen LogP contribution in [-0.2, 0) is 35.4 Å². The highest BCUT2D eigenvalue weighted by molar-refractivity contribution is 7.53. The number of methoxy groups -OCH3 is 3. The summed E-state index contributed by atoms with van der Waals surface area (Å²) in [7, 11) is 0.723. The van der Waals surface area contributed by atoms with Crippen LogP contribution in [0.4, 0.5) is 24.7 Å². The van der Waals surface area contributed by atoms with Crippen molar-refractivity contribution in [2.45, 2.75) is 12.3 Å². The Bertz CT molecular complexity index is 953. The Morgan fingerprint density at radius 3 is 2.24 bits per heavy atom. The number of benzene rings is 1. The molecule has 33 heavy (non-hydrogen) atoms. The molecule has 0 saturated heterocycles. The molecule has 0 amide bonds. The van der Waals surface area contributed by atoms with Crippen LogP contribution in [0.2, 0.25) is 5.28 Å². The fraction of sp³-hybridized carbons (Fsp3) is 0.474. The summed E-state index contributed by atoms with van der Waals surface area (Å²) in [6.45, 7) is 0.526. The lowest BCUT2D eigenvalue weighted by molar-refractivity contribution is -0.137. The third-order valence-electron chi connectivity index (χ3n) is 4.11. The highest BCUT2D eigenvalue weighted by Crippen LogP contribution is 2.52. The Kier molecular flexibility index (Phi) is 10.3. The molecule has 0 saturated carbocycles. The maximum Gasteiger partial charge on any atom is 0.421 e. The largest absolute Gasteiger partial charge is 0.495 e. The van der Waals surface area contributed by atoms with E-state index in [0.29, 0.717) is 11.8 Å². The van der Waals surface area contributed by atoms with Gasteiger partial charge in [0.05, 0.1) is 45.4 Å². The lowest BCUT2D eigenvalue weighted by Crippen LogP contribution is -2.12. The zero-order chi connectivity index (χ0) is 24.5. The number of nitrogens with zero attached hydrogens (tertiary/aromatic N) is 2. The normalized spacial score (nSPS) is 12.1. The van der Waals surface area contributed by atoms with E-state index in [1.807, 2.05) is 0 Å². The second-order valence-corrected chi connectivity index (χ2v) is 8.87. The summed E-state index contributed by atoms with van der Waals surface area (Å²) in [5.74, 6) is -0.360. The Morgan fingerprint density at radius 2 is 1.70 bits per heavy atom. The molecule has 0 radical (unpaired) electrons. The van der Waals surface area contributed by atoms with Crippen LogP contribution < -0.4 is 10.1 Å². The van der Waals surface area contributed by atoms with Crippen LogP contribution in [0, 0.1) is 0 Å². The molecule has 0 unspecified atom stereocenters. The van der Waals surface area contributed by atoms with Crippen molar-refractivity contribution in [1.29, 1.82) is 0 Å². The van der Waals surface area contributed by atoms with Gasteiger partial charge in [-0.3, -0.25) is 4.57 Å². The molecule has 1 aromatic heterocycles. The number of anilines is 2. The first-order valence-corrected chi connectivity index (χ1v) is 11.6. The molecular weight excluding hydrogens is 490 g/mol. The van der Waals surface area contributed by atoms with E-state index in [9.17, 15) is 17.7 Å². The zero-order valence-corrected chi connectivity index (χ0v) is 19.8. The van der Waals surface area contributed by atoms with E-state index in [1.54, 1.807) is 6.07 Å². The van der Waals surface area contributed by atoms with Gasteiger partial charge in [-0.25, -0.2) is 4.98 Å². The molecule has 0 bridgehead atoms. The molecule has 0 aliphatic carbocycles. The number of aromatic nitrogens is 2. The minimum atomic E-state index is -4.70. The summed E-state index contributed by atoms with van der Waals surface area (Å²) >= 11 is 5.67. The number of nitrogens with one attached hydrogen (secondary N) is 1. The topological polar surface area (TPSA) is 101 Å². The van der Waals surface area contributed by atoms with Crippen molar-refractivity contribution < 1.29 is 41.0 Å². The van der Waals surface area contributed by atoms with E-state index >= 15 is 0 Å². The highest BCUT2D eigenvalue weighted by Gasteiger charge is 2.35. The summed E-state index contributed by atoms with van der Waals surface area (Å²) in [4.78, 5) is 7.03. The first-order chi connectivity index (χ1) is 15.6. The summed E-state index contributed by atoms with van der Waals surface area (Å²) in [6.07, 6.45) is -4.22. The van der Waals surface area contributed by atoms with Crippen LogP contribution in [0.15, 0.2) is 24.4 Å². The molecule has 0 fully saturated rings. The number of halogens is 4. The quantitative estimate of drug-likeness (QED) is 0.227. The smallest absolute Gasteiger partial charge is 0.421 e. The van der Waals surface area contributed by atoms with Crippen molar-refractivity contribution >= 4 is 30.7 Å². The Morgan fingerprint density at radius 1 is 1.06 bits per heavy atom. The fourth-order valence-corrected chi connectivity index (χ4v) is 4.34. The molecule has 9 nitrogen and oxygen atoms in total. The second-order valence-electron chi connectivity index (χ2n) is 6.48. The van der Waals surface area contributed by atoms with Crippen LogP contribution in [0.1, 0.15) is 11.1 Å². The third-order valence-corrected chi connectivity index (χ3v) is 6.20. The SMILES string of the molecule is COCCOP(=O)(Cc1ccc(Nc2nc(Cl)ncc2C(F)(F)F)c(OC)c1)OCCOC. The number of hydrogen-bond acceptors (Lipinski definition) is 9. The van der Waals surface area contributed by atoms with Gasteiger partial charge in [-0.2, -0.15) is 18.2 Å². The van der Waals surface area contributed by atoms with Crippen LogP contribution in [0.3, 0.4) is 0 Å². The monoisotopic (exact) mass is 513 g/mol. The third kappa shape index (κ3) is 8.40. The first-order valence-electron chi connectivity index (χ1n) is 9.51. The predicted octanol–water partition coefficient (Wildman–Crippen LogP) is 4.92. The Balaban J connectivity index is 2.28. The summed E-state index contributed by atoms with van der Waals surface area (Å²) in [5, 5.41) is 2.21. The molecule has 2 rings (SSSR count). The second kappa shape index (κ2) is 12.5. The van der Waals surface area contributed by atoms with Gasteiger partial charge in [0.25, 0.3) is 0 Å². The lowest BCUT2D eigenvalue weighted by Gasteiger charge is -2.20. The lowest BCUT2D eigenvalue weighted by atomic mass is 10.2. The van der Waals surface area contributed by atoms with E-state index in [2.05, 4.69) is 15.3 Å². The van der Waals surface area contributed by atoms with E-state index in [-0.39, 0.29) is 49.3 Å². The van der Waals surface area contributed by atoms with Crippen LogP contribution in [0.5, 0.6) is 5.75 Å². The van der Waals surface area contributed by atoms with Gasteiger partial charge in [0, 0.05) is 20.4 Å². The van der Waals surface area contributed by atoms with Gasteiger partial charge in [-0.15, -0.1) is 0 Å². The first kappa shape index (κ1) is 27.3. The van der Waals surface area contributed by atoms with Crippen LogP contribution in [-0.4, -0.2) is 57.7 Å². The number of hydrogen-bond donors (Lipinski definition) is 1. The van der Waals surface area contributed by atoms with Crippen molar-refractivity contribution in [3.63, 3.8) is 0 Å². The summed E-state index contributed by atoms with van der Waals surface area (Å²) in [6, 6.07) is 4.51. The van der Waals surface area contributed by atoms with Gasteiger partial charge in [-0.05, 0) is 29.3 Å². The minimum Gasteiger partial charge on any atom is -0.495 e. The molecule has 184 valence electrons. The average Bonchev–Trinajstić information content (AvgIpc) is 2.74. The Labute approximate surface area is 194 Å². The van der Waals surface area contributed by atoms with E-state index in [1.165, 1.54) is 33.5 Å². The van der Waals surface area contributed by atoms with Crippen LogP contribution in [0.25, 0.3) is 0 Å². The summed E-state index contributed by atoms with van der Waals surface area (Å²) < 4.78 is 79.0. The average molecular weight is 514 g/mol. The van der Waals surface area contributed by atoms with Gasteiger partial charge < -0.3 is 28.6 Å². The number of ether oxygens (including phenoxy) is 3. The maximum absolute atomic E-state index is 13.3. The van der Waals surface area contributed by atoms with E-state index in [4.69, 9.17) is 34.9 Å². The molecule has 0 aliphatic heterocycles. The molecule has 0 atom stereocenters. The van der Waals surface area contributed by atoms with Crippen molar-refractivity contribution in [3.05, 3.63) is 40.8 Å². The molecule has 1 N–H and O–H groups in total. The van der Waals surface area contributed by atoms with Crippen molar-refractivity contribution in [1.82, 2.24) is 9.97 Å². The molecule has 0 aliphatic rings. The maximum atomic E-state index is 13.3. The van der Waals surface area contributed by atoms with Gasteiger partial charge in [0.15, 0.2) is 0 Å². The fourth-order valence-electron chi connectivity index (χ4n) is 2.60.